The van der Waals surface area contributed by atoms with Crippen LogP contribution in [0.5, 0.6) is 5.75 Å². The highest BCUT2D eigenvalue weighted by Crippen LogP contribution is 2.33. The first kappa shape index (κ1) is 23.0. The lowest BCUT2D eigenvalue weighted by Gasteiger charge is -2.26. The summed E-state index contributed by atoms with van der Waals surface area (Å²) in [6.45, 7) is 7.24. The molecular weight excluding hydrogens is 444 g/mol. The molecule has 0 aliphatic carbocycles. The van der Waals surface area contributed by atoms with Crippen molar-refractivity contribution in [3.63, 3.8) is 0 Å². The number of hydrogen-bond donors (Lipinski definition) is 2. The van der Waals surface area contributed by atoms with Crippen LogP contribution in [0.25, 0.3) is 11.0 Å². The smallest absolute Gasteiger partial charge is 0.412 e. The molecule has 4 rings (SSSR count). The minimum absolute atomic E-state index is 0.287. The second kappa shape index (κ2) is 8.99. The number of carbonyl (C=O) groups is 1. The fraction of sp³-hybridized carbons (Fsp3) is 0.391. The van der Waals surface area contributed by atoms with Gasteiger partial charge in [-0.05, 0) is 69.6 Å². The van der Waals surface area contributed by atoms with Gasteiger partial charge in [-0.25, -0.2) is 9.78 Å². The van der Waals surface area contributed by atoms with Crippen LogP contribution in [0.1, 0.15) is 31.9 Å². The Balaban J connectivity index is 1.64. The Hall–Kier alpha value is -3.17. The number of methoxy groups -OCH3 is 1. The van der Waals surface area contributed by atoms with Gasteiger partial charge in [-0.1, -0.05) is 11.6 Å². The summed E-state index contributed by atoms with van der Waals surface area (Å²) in [7, 11) is 3.74. The van der Waals surface area contributed by atoms with Crippen molar-refractivity contribution >= 4 is 46.1 Å². The Morgan fingerprint density at radius 3 is 2.64 bits per heavy atom. The molecule has 0 saturated carbocycles. The van der Waals surface area contributed by atoms with Crippen LogP contribution in [0.15, 0.2) is 24.3 Å². The number of anilines is 3. The fourth-order valence-electron chi connectivity index (χ4n) is 3.69. The first-order chi connectivity index (χ1) is 15.6. The number of nitrogens with zero attached hydrogens (tertiary/aromatic N) is 4. The number of aromatic nitrogens is 3. The highest BCUT2D eigenvalue weighted by Gasteiger charge is 2.20. The number of ether oxygens (including phenoxy) is 2. The zero-order valence-corrected chi connectivity index (χ0v) is 20.1. The molecule has 0 unspecified atom stereocenters. The SMILES string of the molecule is COc1cc2c(cc1Nc1nnc3c(NC(=O)OC(C)(C)C)cc(Cl)cc3n1)CN(C)CC2. The molecule has 1 aliphatic heterocycles. The Morgan fingerprint density at radius 2 is 1.91 bits per heavy atom. The van der Waals surface area contributed by atoms with E-state index in [1.165, 1.54) is 11.1 Å². The maximum atomic E-state index is 12.2. The summed E-state index contributed by atoms with van der Waals surface area (Å²) in [5, 5.41) is 14.8. The molecule has 2 N–H and O–H groups in total. The summed E-state index contributed by atoms with van der Waals surface area (Å²) in [6.07, 6.45) is 0.362. The molecule has 0 fully saturated rings. The molecule has 3 aromatic rings. The number of halogens is 1. The summed E-state index contributed by atoms with van der Waals surface area (Å²) in [4.78, 5) is 19.0. The number of likely N-dealkylation sites (N-methyl/N-ethyl adjacent to an activating group) is 1. The van der Waals surface area contributed by atoms with Gasteiger partial charge in [0.25, 0.3) is 0 Å². The first-order valence-corrected chi connectivity index (χ1v) is 11.0. The molecule has 2 aromatic carbocycles. The Labute approximate surface area is 197 Å². The van der Waals surface area contributed by atoms with Crippen LogP contribution in [0.3, 0.4) is 0 Å². The topological polar surface area (TPSA) is 102 Å². The van der Waals surface area contributed by atoms with Crippen LogP contribution < -0.4 is 15.4 Å². The van der Waals surface area contributed by atoms with Gasteiger partial charge in [-0.2, -0.15) is 0 Å². The highest BCUT2D eigenvalue weighted by atomic mass is 35.5. The monoisotopic (exact) mass is 470 g/mol. The van der Waals surface area contributed by atoms with Gasteiger partial charge in [0.1, 0.15) is 16.9 Å². The molecule has 0 radical (unpaired) electrons. The van der Waals surface area contributed by atoms with Crippen molar-refractivity contribution in [3.8, 4) is 5.75 Å². The largest absolute Gasteiger partial charge is 0.495 e. The lowest BCUT2D eigenvalue weighted by molar-refractivity contribution is 0.0636. The van der Waals surface area contributed by atoms with Crippen LogP contribution in [0.4, 0.5) is 22.1 Å². The van der Waals surface area contributed by atoms with E-state index in [0.717, 1.165) is 25.2 Å². The van der Waals surface area contributed by atoms with Crippen molar-refractivity contribution in [2.75, 3.05) is 31.3 Å². The van der Waals surface area contributed by atoms with E-state index in [4.69, 9.17) is 21.1 Å². The lowest BCUT2D eigenvalue weighted by Crippen LogP contribution is -2.27. The third-order valence-corrected chi connectivity index (χ3v) is 5.35. The summed E-state index contributed by atoms with van der Waals surface area (Å²) in [5.74, 6) is 0.996. The van der Waals surface area contributed by atoms with Crippen molar-refractivity contribution in [1.29, 1.82) is 0 Å². The molecule has 0 bridgehead atoms. The van der Waals surface area contributed by atoms with E-state index in [-0.39, 0.29) is 5.95 Å². The second-order valence-corrected chi connectivity index (χ2v) is 9.45. The van der Waals surface area contributed by atoms with Gasteiger partial charge in [0.05, 0.1) is 24.0 Å². The first-order valence-electron chi connectivity index (χ1n) is 10.6. The van der Waals surface area contributed by atoms with E-state index in [1.807, 2.05) is 0 Å². The number of amides is 1. The molecule has 1 aromatic heterocycles. The van der Waals surface area contributed by atoms with Gasteiger partial charge in [0, 0.05) is 18.1 Å². The molecule has 33 heavy (non-hydrogen) atoms. The fourth-order valence-corrected chi connectivity index (χ4v) is 3.90. The molecule has 1 amide bonds. The van der Waals surface area contributed by atoms with Crippen molar-refractivity contribution in [3.05, 3.63) is 40.4 Å². The van der Waals surface area contributed by atoms with Crippen LogP contribution >= 0.6 is 11.6 Å². The Kier molecular flexibility index (Phi) is 6.27. The zero-order valence-electron chi connectivity index (χ0n) is 19.3. The summed E-state index contributed by atoms with van der Waals surface area (Å²) < 4.78 is 10.9. The number of carbonyl (C=O) groups excluding carboxylic acids is 1. The van der Waals surface area contributed by atoms with Crippen LogP contribution in [0.2, 0.25) is 5.02 Å². The van der Waals surface area contributed by atoms with Crippen molar-refractivity contribution in [1.82, 2.24) is 20.1 Å². The van der Waals surface area contributed by atoms with E-state index < -0.39 is 11.7 Å². The number of benzene rings is 2. The van der Waals surface area contributed by atoms with Crippen LogP contribution in [-0.2, 0) is 17.7 Å². The van der Waals surface area contributed by atoms with Gasteiger partial charge in [-0.3, -0.25) is 5.32 Å². The minimum atomic E-state index is -0.637. The summed E-state index contributed by atoms with van der Waals surface area (Å²) in [5.41, 5.74) is 3.86. The molecule has 0 atom stereocenters. The van der Waals surface area contributed by atoms with Crippen LogP contribution in [0, 0.1) is 0 Å². The predicted octanol–water partition coefficient (Wildman–Crippen LogP) is 4.77. The molecular formula is C23H27ClN6O3. The van der Waals surface area contributed by atoms with Gasteiger partial charge in [0.15, 0.2) is 0 Å². The second-order valence-electron chi connectivity index (χ2n) is 9.02. The molecule has 1 aliphatic rings. The molecule has 174 valence electrons. The van der Waals surface area contributed by atoms with E-state index >= 15 is 0 Å². The standard InChI is InChI=1S/C23H27ClN6O3/c1-23(2,3)33-22(31)27-18-11-15(24)10-17-20(18)28-29-21(26-17)25-16-8-14-12-30(4)7-6-13(14)9-19(16)32-5/h8-11H,6-7,12H2,1-5H3,(H,27,31)(H,25,26,29). The van der Waals surface area contributed by atoms with E-state index in [0.29, 0.717) is 27.5 Å². The highest BCUT2D eigenvalue weighted by molar-refractivity contribution is 6.31. The predicted molar refractivity (Wildman–Crippen MR) is 129 cm³/mol. The van der Waals surface area contributed by atoms with E-state index in [2.05, 4.69) is 49.9 Å². The summed E-state index contributed by atoms with van der Waals surface area (Å²) >= 11 is 6.27. The summed E-state index contributed by atoms with van der Waals surface area (Å²) in [6, 6.07) is 7.36. The molecule has 0 spiro atoms. The normalized spacial score (nSPS) is 14.0. The van der Waals surface area contributed by atoms with E-state index in [1.54, 1.807) is 40.0 Å². The molecule has 0 saturated heterocycles. The average Bonchev–Trinajstić information content (AvgIpc) is 2.71. The number of rotatable bonds is 4. The molecule has 9 nitrogen and oxygen atoms in total. The van der Waals surface area contributed by atoms with Gasteiger partial charge < -0.3 is 19.7 Å². The van der Waals surface area contributed by atoms with Gasteiger partial charge >= 0.3 is 6.09 Å². The third kappa shape index (κ3) is 5.43. The number of nitrogens with one attached hydrogen (secondary N) is 2. The maximum Gasteiger partial charge on any atom is 0.412 e. The van der Waals surface area contributed by atoms with Crippen molar-refractivity contribution in [2.45, 2.75) is 39.3 Å². The third-order valence-electron chi connectivity index (χ3n) is 5.13. The van der Waals surface area contributed by atoms with Crippen molar-refractivity contribution < 1.29 is 14.3 Å². The quantitative estimate of drug-likeness (QED) is 0.562. The Bertz CT molecular complexity index is 1210. The average molecular weight is 471 g/mol. The number of fused-ring (bicyclic) bond motifs is 2. The number of hydrogen-bond acceptors (Lipinski definition) is 8. The Morgan fingerprint density at radius 1 is 1.12 bits per heavy atom. The maximum absolute atomic E-state index is 12.2. The minimum Gasteiger partial charge on any atom is -0.495 e. The van der Waals surface area contributed by atoms with E-state index in [9.17, 15) is 4.79 Å². The molecule has 2 heterocycles. The van der Waals surface area contributed by atoms with Gasteiger partial charge in [-0.15, -0.1) is 10.2 Å². The van der Waals surface area contributed by atoms with Crippen LogP contribution in [-0.4, -0.2) is 52.5 Å². The van der Waals surface area contributed by atoms with Gasteiger partial charge in [0.2, 0.25) is 5.95 Å². The van der Waals surface area contributed by atoms with Crippen molar-refractivity contribution in [2.24, 2.45) is 0 Å². The lowest BCUT2D eigenvalue weighted by atomic mass is 9.99. The zero-order chi connectivity index (χ0) is 23.8. The molecule has 10 heteroatoms.